The fraction of sp³-hybridized carbons (Fsp3) is 0. The van der Waals surface area contributed by atoms with Crippen LogP contribution in [-0.4, -0.2) is 32.1 Å². The minimum atomic E-state index is -1.64. The lowest BCUT2D eigenvalue weighted by Gasteiger charge is -2.15. The fourth-order valence-electron chi connectivity index (χ4n) is 3.06. The number of hydrogen-bond acceptors (Lipinski definition) is 6. The number of benzene rings is 2. The second kappa shape index (κ2) is 7.27. The zero-order valence-corrected chi connectivity index (χ0v) is 14.6. The first-order valence-electron chi connectivity index (χ1n) is 8.09. The summed E-state index contributed by atoms with van der Waals surface area (Å²) in [5.41, 5.74) is 3.34. The van der Waals surface area contributed by atoms with Crippen molar-refractivity contribution in [3.8, 4) is 22.3 Å². The Morgan fingerprint density at radius 1 is 0.966 bits per heavy atom. The van der Waals surface area contributed by atoms with Gasteiger partial charge in [0, 0.05) is 17.7 Å². The molecule has 1 heterocycles. The highest BCUT2D eigenvalue weighted by Crippen LogP contribution is 2.37. The maximum Gasteiger partial charge on any atom is 0.342 e. The number of H-pyrrole nitrogens is 1. The third-order valence-corrected chi connectivity index (χ3v) is 4.24. The molecule has 146 valence electrons. The van der Waals surface area contributed by atoms with Crippen molar-refractivity contribution < 1.29 is 24.7 Å². The third kappa shape index (κ3) is 3.41. The van der Waals surface area contributed by atoms with Crippen LogP contribution in [0, 0.1) is 10.1 Å². The van der Waals surface area contributed by atoms with Crippen LogP contribution in [0.4, 0.5) is 11.5 Å². The molecule has 0 spiro atoms. The van der Waals surface area contributed by atoms with Gasteiger partial charge in [-0.2, -0.15) is 0 Å². The maximum atomic E-state index is 12.2. The van der Waals surface area contributed by atoms with E-state index in [0.29, 0.717) is 11.1 Å². The van der Waals surface area contributed by atoms with Crippen LogP contribution in [-0.2, 0) is 0 Å². The monoisotopic (exact) mass is 395 g/mol. The summed E-state index contributed by atoms with van der Waals surface area (Å²) < 4.78 is 0. The molecule has 0 bridgehead atoms. The molecule has 0 fully saturated rings. The Hall–Kier alpha value is -4.47. The number of aromatic carboxylic acids is 2. The molecule has 0 saturated heterocycles. The first-order chi connectivity index (χ1) is 13.7. The topological polar surface area (TPSA) is 177 Å². The van der Waals surface area contributed by atoms with Crippen molar-refractivity contribution in [2.24, 2.45) is 0 Å². The standard InChI is InChI=1S/C19H13N3O7/c20-16-14(18(24)25)13(15(19(26)27)17(23)21-16)12-7-2-1-6-11(12)9-4-3-5-10(8-9)22(28)29/h1-8H,(H,24,25)(H,26,27)(H3,20,21,23). The summed E-state index contributed by atoms with van der Waals surface area (Å²) in [5, 5.41) is 30.2. The number of aromatic amines is 1. The fourth-order valence-corrected chi connectivity index (χ4v) is 3.06. The number of anilines is 1. The quantitative estimate of drug-likeness (QED) is 0.376. The van der Waals surface area contributed by atoms with Gasteiger partial charge in [-0.05, 0) is 16.7 Å². The summed E-state index contributed by atoms with van der Waals surface area (Å²) in [6.45, 7) is 0. The molecule has 10 heteroatoms. The van der Waals surface area contributed by atoms with E-state index < -0.39 is 39.4 Å². The van der Waals surface area contributed by atoms with Gasteiger partial charge in [0.05, 0.1) is 4.92 Å². The van der Waals surface area contributed by atoms with Crippen LogP contribution in [0.5, 0.6) is 0 Å². The highest BCUT2D eigenvalue weighted by Gasteiger charge is 2.28. The average Bonchev–Trinajstić information content (AvgIpc) is 2.66. The molecule has 0 amide bonds. The van der Waals surface area contributed by atoms with Crippen molar-refractivity contribution in [2.45, 2.75) is 0 Å². The van der Waals surface area contributed by atoms with E-state index in [1.165, 1.54) is 36.4 Å². The van der Waals surface area contributed by atoms with Crippen LogP contribution in [0.1, 0.15) is 20.7 Å². The second-order valence-corrected chi connectivity index (χ2v) is 5.96. The largest absolute Gasteiger partial charge is 0.478 e. The molecule has 0 saturated carbocycles. The number of rotatable bonds is 5. The van der Waals surface area contributed by atoms with Gasteiger partial charge >= 0.3 is 11.9 Å². The molecule has 0 unspecified atom stereocenters. The number of hydrogen-bond donors (Lipinski definition) is 4. The van der Waals surface area contributed by atoms with E-state index in [2.05, 4.69) is 0 Å². The summed E-state index contributed by atoms with van der Waals surface area (Å²) in [7, 11) is 0. The number of nitro benzene ring substituents is 1. The molecule has 3 rings (SSSR count). The SMILES string of the molecule is Nc1[nH]c(=O)c(C(=O)O)c(-c2ccccc2-c2cccc([N+](=O)[O-])c2)c1C(=O)O. The molecule has 0 aliphatic heterocycles. The molecule has 0 atom stereocenters. The van der Waals surface area contributed by atoms with Crippen molar-refractivity contribution in [1.29, 1.82) is 0 Å². The second-order valence-electron chi connectivity index (χ2n) is 5.96. The highest BCUT2D eigenvalue weighted by molar-refractivity contribution is 6.09. The number of nitrogens with two attached hydrogens (primary N) is 1. The Bertz CT molecular complexity index is 1230. The van der Waals surface area contributed by atoms with E-state index in [0.717, 1.165) is 0 Å². The van der Waals surface area contributed by atoms with Gasteiger partial charge < -0.3 is 20.9 Å². The van der Waals surface area contributed by atoms with Gasteiger partial charge in [-0.25, -0.2) is 9.59 Å². The van der Waals surface area contributed by atoms with Gasteiger partial charge in [-0.15, -0.1) is 0 Å². The number of carbonyl (C=O) groups is 2. The Balaban J connectivity index is 2.45. The molecular formula is C19H13N3O7. The van der Waals surface area contributed by atoms with E-state index in [-0.39, 0.29) is 16.8 Å². The lowest BCUT2D eigenvalue weighted by atomic mass is 9.89. The van der Waals surface area contributed by atoms with Crippen LogP contribution < -0.4 is 11.3 Å². The predicted molar refractivity (Wildman–Crippen MR) is 103 cm³/mol. The van der Waals surface area contributed by atoms with Crippen LogP contribution >= 0.6 is 0 Å². The maximum absolute atomic E-state index is 12.2. The van der Waals surface area contributed by atoms with Crippen molar-refractivity contribution in [2.75, 3.05) is 5.73 Å². The summed E-state index contributed by atoms with van der Waals surface area (Å²) in [4.78, 5) is 48.3. The Morgan fingerprint density at radius 3 is 2.17 bits per heavy atom. The number of carboxylic acid groups (broad SMARTS) is 2. The van der Waals surface area contributed by atoms with Crippen molar-refractivity contribution in [3.63, 3.8) is 0 Å². The Labute approximate surface area is 162 Å². The van der Waals surface area contributed by atoms with E-state index >= 15 is 0 Å². The summed E-state index contributed by atoms with van der Waals surface area (Å²) in [5.74, 6) is -3.68. The van der Waals surface area contributed by atoms with Gasteiger partial charge in [0.15, 0.2) is 0 Å². The molecule has 3 aromatic rings. The normalized spacial score (nSPS) is 10.5. The van der Waals surface area contributed by atoms with E-state index in [4.69, 9.17) is 5.73 Å². The molecule has 1 aromatic heterocycles. The molecule has 0 aliphatic carbocycles. The smallest absolute Gasteiger partial charge is 0.342 e. The van der Waals surface area contributed by atoms with Crippen LogP contribution in [0.25, 0.3) is 22.3 Å². The van der Waals surface area contributed by atoms with Gasteiger partial charge in [-0.3, -0.25) is 14.9 Å². The average molecular weight is 395 g/mol. The zero-order valence-electron chi connectivity index (χ0n) is 14.6. The lowest BCUT2D eigenvalue weighted by molar-refractivity contribution is -0.384. The van der Waals surface area contributed by atoms with E-state index in [1.54, 1.807) is 12.1 Å². The molecule has 0 radical (unpaired) electrons. The molecule has 2 aromatic carbocycles. The molecule has 0 aliphatic rings. The van der Waals surface area contributed by atoms with Gasteiger partial charge in [-0.1, -0.05) is 36.4 Å². The number of aromatic nitrogens is 1. The van der Waals surface area contributed by atoms with Crippen molar-refractivity contribution in [3.05, 3.63) is 80.1 Å². The van der Waals surface area contributed by atoms with Gasteiger partial charge in [0.1, 0.15) is 16.9 Å². The molecular weight excluding hydrogens is 382 g/mol. The zero-order chi connectivity index (χ0) is 21.3. The minimum Gasteiger partial charge on any atom is -0.478 e. The van der Waals surface area contributed by atoms with Crippen molar-refractivity contribution in [1.82, 2.24) is 4.98 Å². The first kappa shape index (κ1) is 19.3. The van der Waals surface area contributed by atoms with Crippen molar-refractivity contribution >= 4 is 23.4 Å². The van der Waals surface area contributed by atoms with Crippen LogP contribution in [0.3, 0.4) is 0 Å². The van der Waals surface area contributed by atoms with E-state index in [9.17, 15) is 34.7 Å². The Morgan fingerprint density at radius 2 is 1.59 bits per heavy atom. The summed E-state index contributed by atoms with van der Waals surface area (Å²) >= 11 is 0. The number of nitrogens with one attached hydrogen (secondary N) is 1. The highest BCUT2D eigenvalue weighted by atomic mass is 16.6. The number of nitro groups is 1. The first-order valence-corrected chi connectivity index (χ1v) is 8.09. The van der Waals surface area contributed by atoms with Gasteiger partial charge in [0.2, 0.25) is 0 Å². The van der Waals surface area contributed by atoms with Crippen LogP contribution in [0.15, 0.2) is 53.3 Å². The van der Waals surface area contributed by atoms with Crippen LogP contribution in [0.2, 0.25) is 0 Å². The molecule has 29 heavy (non-hydrogen) atoms. The molecule has 10 nitrogen and oxygen atoms in total. The number of pyridine rings is 1. The number of nitrogens with zero attached hydrogens (tertiary/aromatic N) is 1. The van der Waals surface area contributed by atoms with E-state index in [1.807, 2.05) is 4.98 Å². The minimum absolute atomic E-state index is 0.0839. The Kier molecular flexibility index (Phi) is 4.84. The predicted octanol–water partition coefficient (Wildman–Crippen LogP) is 2.60. The number of nitrogen functional groups attached to an aromatic ring is 1. The summed E-state index contributed by atoms with van der Waals surface area (Å²) in [6.07, 6.45) is 0. The third-order valence-electron chi connectivity index (χ3n) is 4.24. The number of non-ortho nitro benzene ring substituents is 1. The molecule has 5 N–H and O–H groups in total. The number of carboxylic acids is 2. The van der Waals surface area contributed by atoms with Gasteiger partial charge in [0.25, 0.3) is 11.2 Å². The lowest BCUT2D eigenvalue weighted by Crippen LogP contribution is -2.24. The summed E-state index contributed by atoms with van der Waals surface area (Å²) in [6, 6.07) is 11.6.